The molecule has 1 atom stereocenters. The molecule has 5 heteroatoms. The number of rotatable bonds is 7. The number of nitrogens with one attached hydrogen (secondary N) is 2. The number of anilines is 1. The highest BCUT2D eigenvalue weighted by Gasteiger charge is 2.13. The van der Waals surface area contributed by atoms with E-state index in [1.807, 2.05) is 25.1 Å². The molecule has 0 aliphatic rings. The first-order valence-electron chi connectivity index (χ1n) is 6.54. The number of amides is 1. The molecular weight excluding hydrogens is 372 g/mol. The van der Waals surface area contributed by atoms with Gasteiger partial charge < -0.3 is 10.6 Å². The van der Waals surface area contributed by atoms with E-state index >= 15 is 0 Å². The van der Waals surface area contributed by atoms with Crippen LogP contribution in [0.2, 0.25) is 0 Å². The van der Waals surface area contributed by atoms with Gasteiger partial charge in [0, 0.05) is 21.2 Å². The summed E-state index contributed by atoms with van der Waals surface area (Å²) >= 11 is 6.88. The molecule has 0 heterocycles. The second-order valence-electron chi connectivity index (χ2n) is 4.49. The Morgan fingerprint density at radius 3 is 2.68 bits per heavy atom. The van der Waals surface area contributed by atoms with Crippen molar-refractivity contribution in [2.75, 3.05) is 11.9 Å². The summed E-state index contributed by atoms with van der Waals surface area (Å²) in [5.74, 6) is 0.0333. The maximum absolute atomic E-state index is 11.9. The van der Waals surface area contributed by atoms with Crippen LogP contribution in [0.4, 0.5) is 5.69 Å². The largest absolute Gasteiger partial charge is 0.373 e. The number of unbranched alkanes of at least 4 members (excludes halogenated alkanes) is 2. The van der Waals surface area contributed by atoms with Crippen LogP contribution in [0.5, 0.6) is 0 Å². The van der Waals surface area contributed by atoms with Crippen LogP contribution in [0.25, 0.3) is 0 Å². The molecular formula is C14H20Br2N2O. The van der Waals surface area contributed by atoms with Crippen molar-refractivity contribution in [2.45, 2.75) is 39.2 Å². The zero-order valence-electron chi connectivity index (χ0n) is 11.3. The van der Waals surface area contributed by atoms with E-state index in [9.17, 15) is 4.79 Å². The fourth-order valence-corrected chi connectivity index (χ4v) is 2.81. The lowest BCUT2D eigenvalue weighted by Crippen LogP contribution is -2.38. The molecule has 0 aliphatic carbocycles. The van der Waals surface area contributed by atoms with Gasteiger partial charge in [0.2, 0.25) is 5.91 Å². The minimum atomic E-state index is -0.251. The second kappa shape index (κ2) is 8.59. The average molecular weight is 392 g/mol. The van der Waals surface area contributed by atoms with Gasteiger partial charge in [-0.1, -0.05) is 35.7 Å². The van der Waals surface area contributed by atoms with Crippen molar-refractivity contribution >= 4 is 43.5 Å². The lowest BCUT2D eigenvalue weighted by Gasteiger charge is -2.16. The van der Waals surface area contributed by atoms with Crippen molar-refractivity contribution in [1.29, 1.82) is 0 Å². The van der Waals surface area contributed by atoms with E-state index in [4.69, 9.17) is 0 Å². The van der Waals surface area contributed by atoms with Crippen molar-refractivity contribution in [3.8, 4) is 0 Å². The normalized spacial score (nSPS) is 12.0. The maximum atomic E-state index is 11.9. The molecule has 0 spiro atoms. The third-order valence-corrected chi connectivity index (χ3v) is 3.93. The van der Waals surface area contributed by atoms with E-state index in [0.717, 1.165) is 40.4 Å². The van der Waals surface area contributed by atoms with Gasteiger partial charge in [-0.25, -0.2) is 0 Å². The van der Waals surface area contributed by atoms with Crippen molar-refractivity contribution in [3.63, 3.8) is 0 Å². The summed E-state index contributed by atoms with van der Waals surface area (Å²) in [6.07, 6.45) is 3.35. The summed E-state index contributed by atoms with van der Waals surface area (Å²) < 4.78 is 1.94. The highest BCUT2D eigenvalue weighted by Crippen LogP contribution is 2.26. The standard InChI is InChI=1S/C14H20Br2N2O/c1-3-4-5-8-17-14(19)10(2)18-13-7-6-11(15)9-12(13)16/h6-7,9-10,18H,3-5,8H2,1-2H3,(H,17,19). The highest BCUT2D eigenvalue weighted by molar-refractivity contribution is 9.11. The molecule has 19 heavy (non-hydrogen) atoms. The number of halogens is 2. The summed E-state index contributed by atoms with van der Waals surface area (Å²) in [6, 6.07) is 5.58. The average Bonchev–Trinajstić information content (AvgIpc) is 2.37. The predicted octanol–water partition coefficient (Wildman–Crippen LogP) is 4.32. The lowest BCUT2D eigenvalue weighted by molar-refractivity contribution is -0.121. The van der Waals surface area contributed by atoms with Gasteiger partial charge >= 0.3 is 0 Å². The fourth-order valence-electron chi connectivity index (χ4n) is 1.65. The predicted molar refractivity (Wildman–Crippen MR) is 87.5 cm³/mol. The van der Waals surface area contributed by atoms with Crippen LogP contribution in [-0.4, -0.2) is 18.5 Å². The molecule has 1 unspecified atom stereocenters. The van der Waals surface area contributed by atoms with Crippen LogP contribution >= 0.6 is 31.9 Å². The van der Waals surface area contributed by atoms with E-state index < -0.39 is 0 Å². The Bertz CT molecular complexity index is 424. The number of hydrogen-bond donors (Lipinski definition) is 2. The van der Waals surface area contributed by atoms with Gasteiger partial charge in [0.15, 0.2) is 0 Å². The van der Waals surface area contributed by atoms with Crippen LogP contribution in [0.3, 0.4) is 0 Å². The van der Waals surface area contributed by atoms with Gasteiger partial charge in [0.05, 0.1) is 0 Å². The summed E-state index contributed by atoms with van der Waals surface area (Å²) in [5, 5.41) is 6.14. The Labute approximate surface area is 131 Å². The first-order chi connectivity index (χ1) is 9.04. The van der Waals surface area contributed by atoms with Crippen LogP contribution in [0.1, 0.15) is 33.1 Å². The van der Waals surface area contributed by atoms with Gasteiger partial charge in [-0.3, -0.25) is 4.79 Å². The molecule has 1 rings (SSSR count). The minimum absolute atomic E-state index is 0.0333. The van der Waals surface area contributed by atoms with Gasteiger partial charge in [-0.05, 0) is 47.5 Å². The molecule has 1 amide bonds. The molecule has 0 radical (unpaired) electrons. The molecule has 106 valence electrons. The van der Waals surface area contributed by atoms with Gasteiger partial charge in [-0.2, -0.15) is 0 Å². The third-order valence-electron chi connectivity index (χ3n) is 2.78. The molecule has 2 N–H and O–H groups in total. The molecule has 0 fully saturated rings. The zero-order chi connectivity index (χ0) is 14.3. The van der Waals surface area contributed by atoms with Gasteiger partial charge in [0.1, 0.15) is 6.04 Å². The molecule has 0 saturated carbocycles. The van der Waals surface area contributed by atoms with Gasteiger partial charge in [0.25, 0.3) is 0 Å². The maximum Gasteiger partial charge on any atom is 0.242 e. The molecule has 0 aliphatic heterocycles. The number of carbonyl (C=O) groups is 1. The van der Waals surface area contributed by atoms with Crippen LogP contribution in [0, 0.1) is 0 Å². The van der Waals surface area contributed by atoms with Crippen LogP contribution in [0.15, 0.2) is 27.1 Å². The van der Waals surface area contributed by atoms with E-state index in [0.29, 0.717) is 0 Å². The topological polar surface area (TPSA) is 41.1 Å². The lowest BCUT2D eigenvalue weighted by atomic mass is 10.2. The Hall–Kier alpha value is -0.550. The Balaban J connectivity index is 2.45. The van der Waals surface area contributed by atoms with Crippen molar-refractivity contribution in [2.24, 2.45) is 0 Å². The van der Waals surface area contributed by atoms with E-state index in [1.54, 1.807) is 0 Å². The van der Waals surface area contributed by atoms with Crippen LogP contribution in [-0.2, 0) is 4.79 Å². The first kappa shape index (κ1) is 16.5. The highest BCUT2D eigenvalue weighted by atomic mass is 79.9. The van der Waals surface area contributed by atoms with Gasteiger partial charge in [-0.15, -0.1) is 0 Å². The second-order valence-corrected chi connectivity index (χ2v) is 6.26. The molecule has 1 aromatic rings. The van der Waals surface area contributed by atoms with Crippen molar-refractivity contribution in [3.05, 3.63) is 27.1 Å². The Morgan fingerprint density at radius 1 is 1.32 bits per heavy atom. The molecule has 1 aromatic carbocycles. The third kappa shape index (κ3) is 5.95. The van der Waals surface area contributed by atoms with E-state index in [-0.39, 0.29) is 11.9 Å². The fraction of sp³-hybridized carbons (Fsp3) is 0.500. The summed E-state index contributed by atoms with van der Waals surface area (Å²) in [6.45, 7) is 4.76. The summed E-state index contributed by atoms with van der Waals surface area (Å²) in [7, 11) is 0. The Kier molecular flexibility index (Phi) is 7.46. The number of carbonyl (C=O) groups excluding carboxylic acids is 1. The quantitative estimate of drug-likeness (QED) is 0.679. The summed E-state index contributed by atoms with van der Waals surface area (Å²) in [4.78, 5) is 11.9. The number of hydrogen-bond acceptors (Lipinski definition) is 2. The molecule has 3 nitrogen and oxygen atoms in total. The zero-order valence-corrected chi connectivity index (χ0v) is 14.5. The monoisotopic (exact) mass is 390 g/mol. The van der Waals surface area contributed by atoms with Crippen molar-refractivity contribution in [1.82, 2.24) is 5.32 Å². The van der Waals surface area contributed by atoms with E-state index in [2.05, 4.69) is 49.4 Å². The summed E-state index contributed by atoms with van der Waals surface area (Å²) in [5.41, 5.74) is 0.916. The SMILES string of the molecule is CCCCCNC(=O)C(C)Nc1ccc(Br)cc1Br. The molecule has 0 saturated heterocycles. The Morgan fingerprint density at radius 2 is 2.05 bits per heavy atom. The minimum Gasteiger partial charge on any atom is -0.373 e. The number of benzene rings is 1. The van der Waals surface area contributed by atoms with Crippen molar-refractivity contribution < 1.29 is 4.79 Å². The first-order valence-corrected chi connectivity index (χ1v) is 8.12. The van der Waals surface area contributed by atoms with E-state index in [1.165, 1.54) is 0 Å². The molecule has 0 bridgehead atoms. The van der Waals surface area contributed by atoms with Crippen LogP contribution < -0.4 is 10.6 Å². The molecule has 0 aromatic heterocycles. The smallest absolute Gasteiger partial charge is 0.242 e.